The number of aromatic nitrogens is 1. The molecular formula is C13H18N2. The van der Waals surface area contributed by atoms with Crippen LogP contribution in [0.1, 0.15) is 30.9 Å². The summed E-state index contributed by atoms with van der Waals surface area (Å²) in [4.78, 5) is 4.32. The summed E-state index contributed by atoms with van der Waals surface area (Å²) >= 11 is 0. The minimum absolute atomic E-state index is 0.391. The van der Waals surface area contributed by atoms with Crippen molar-refractivity contribution in [3.05, 3.63) is 29.6 Å². The number of fused-ring (bicyclic) bond motifs is 2. The zero-order valence-electron chi connectivity index (χ0n) is 9.29. The average molecular weight is 202 g/mol. The van der Waals surface area contributed by atoms with E-state index in [1.807, 2.05) is 6.20 Å². The Kier molecular flexibility index (Phi) is 2.06. The van der Waals surface area contributed by atoms with Gasteiger partial charge in [-0.05, 0) is 48.9 Å². The molecule has 1 spiro atoms. The first-order chi connectivity index (χ1) is 7.33. The quantitative estimate of drug-likeness (QED) is 0.695. The van der Waals surface area contributed by atoms with E-state index in [-0.39, 0.29) is 0 Å². The van der Waals surface area contributed by atoms with Gasteiger partial charge in [0.2, 0.25) is 0 Å². The van der Waals surface area contributed by atoms with Crippen LogP contribution in [0.3, 0.4) is 0 Å². The molecule has 1 saturated heterocycles. The van der Waals surface area contributed by atoms with Gasteiger partial charge in [-0.3, -0.25) is 4.98 Å². The van der Waals surface area contributed by atoms with Gasteiger partial charge in [0.25, 0.3) is 0 Å². The summed E-state index contributed by atoms with van der Waals surface area (Å²) in [5, 5.41) is 3.53. The van der Waals surface area contributed by atoms with Crippen LogP contribution in [0.5, 0.6) is 0 Å². The van der Waals surface area contributed by atoms with Crippen molar-refractivity contribution in [2.75, 3.05) is 13.1 Å². The molecule has 2 aliphatic rings. The SMILES string of the molecule is CC1CCc2ccncc2C12CCNC2. The zero-order chi connectivity index (χ0) is 10.3. The first-order valence-electron chi connectivity index (χ1n) is 5.97. The van der Waals surface area contributed by atoms with Gasteiger partial charge in [0.05, 0.1) is 0 Å². The highest BCUT2D eigenvalue weighted by Crippen LogP contribution is 2.44. The van der Waals surface area contributed by atoms with Gasteiger partial charge in [-0.25, -0.2) is 0 Å². The van der Waals surface area contributed by atoms with E-state index in [0.717, 1.165) is 12.5 Å². The van der Waals surface area contributed by atoms with Gasteiger partial charge >= 0.3 is 0 Å². The molecule has 15 heavy (non-hydrogen) atoms. The lowest BCUT2D eigenvalue weighted by molar-refractivity contribution is 0.274. The molecular weight excluding hydrogens is 184 g/mol. The maximum absolute atomic E-state index is 4.32. The van der Waals surface area contributed by atoms with Crippen LogP contribution in [0, 0.1) is 5.92 Å². The lowest BCUT2D eigenvalue weighted by Crippen LogP contribution is -2.40. The van der Waals surface area contributed by atoms with Gasteiger partial charge < -0.3 is 5.32 Å². The van der Waals surface area contributed by atoms with Gasteiger partial charge in [-0.1, -0.05) is 6.92 Å². The standard InChI is InChI=1S/C13H18N2/c1-10-2-3-11-4-6-14-8-12(11)13(10)5-7-15-9-13/h4,6,8,10,15H,2-3,5,7,9H2,1H3. The van der Waals surface area contributed by atoms with Crippen LogP contribution in [0.25, 0.3) is 0 Å². The van der Waals surface area contributed by atoms with E-state index in [4.69, 9.17) is 0 Å². The molecule has 0 bridgehead atoms. The van der Waals surface area contributed by atoms with E-state index in [1.54, 1.807) is 0 Å². The second-order valence-corrected chi connectivity index (χ2v) is 5.06. The van der Waals surface area contributed by atoms with E-state index in [2.05, 4.69) is 29.5 Å². The van der Waals surface area contributed by atoms with Crippen LogP contribution < -0.4 is 5.32 Å². The third-order valence-electron chi connectivity index (χ3n) is 4.43. The minimum atomic E-state index is 0.391. The Morgan fingerprint density at radius 1 is 1.53 bits per heavy atom. The molecule has 1 aromatic rings. The topological polar surface area (TPSA) is 24.9 Å². The van der Waals surface area contributed by atoms with Crippen molar-refractivity contribution in [2.24, 2.45) is 5.92 Å². The molecule has 1 N–H and O–H groups in total. The first kappa shape index (κ1) is 9.34. The van der Waals surface area contributed by atoms with Crippen molar-refractivity contribution in [3.63, 3.8) is 0 Å². The molecule has 1 aliphatic carbocycles. The molecule has 2 heteroatoms. The van der Waals surface area contributed by atoms with E-state index in [1.165, 1.54) is 36.9 Å². The highest BCUT2D eigenvalue weighted by molar-refractivity contribution is 5.36. The van der Waals surface area contributed by atoms with E-state index in [9.17, 15) is 0 Å². The van der Waals surface area contributed by atoms with Crippen LogP contribution in [0.15, 0.2) is 18.5 Å². The lowest BCUT2D eigenvalue weighted by Gasteiger charge is -2.40. The second kappa shape index (κ2) is 3.31. The maximum atomic E-state index is 4.32. The molecule has 3 rings (SSSR count). The van der Waals surface area contributed by atoms with Crippen molar-refractivity contribution in [2.45, 2.75) is 31.6 Å². The van der Waals surface area contributed by atoms with Crippen molar-refractivity contribution in [1.29, 1.82) is 0 Å². The normalized spacial score (nSPS) is 34.3. The summed E-state index contributed by atoms with van der Waals surface area (Å²) in [5.74, 6) is 0.796. The largest absolute Gasteiger partial charge is 0.316 e. The summed E-state index contributed by atoms with van der Waals surface area (Å²) < 4.78 is 0. The van der Waals surface area contributed by atoms with Crippen LogP contribution in [-0.2, 0) is 11.8 Å². The predicted octanol–water partition coefficient (Wildman–Crippen LogP) is 1.89. The fourth-order valence-electron chi connectivity index (χ4n) is 3.37. The number of hydrogen-bond acceptors (Lipinski definition) is 2. The summed E-state index contributed by atoms with van der Waals surface area (Å²) in [5.41, 5.74) is 3.45. The second-order valence-electron chi connectivity index (χ2n) is 5.06. The summed E-state index contributed by atoms with van der Waals surface area (Å²) in [6.45, 7) is 4.72. The first-order valence-corrected chi connectivity index (χ1v) is 5.97. The maximum Gasteiger partial charge on any atom is 0.0308 e. The number of aryl methyl sites for hydroxylation is 1. The summed E-state index contributed by atoms with van der Waals surface area (Å²) in [6.07, 6.45) is 7.90. The Morgan fingerprint density at radius 2 is 2.47 bits per heavy atom. The van der Waals surface area contributed by atoms with Crippen molar-refractivity contribution < 1.29 is 0 Å². The van der Waals surface area contributed by atoms with E-state index >= 15 is 0 Å². The van der Waals surface area contributed by atoms with Gasteiger partial charge in [0.15, 0.2) is 0 Å². The van der Waals surface area contributed by atoms with Gasteiger partial charge in [-0.2, -0.15) is 0 Å². The Bertz CT molecular complexity index is 367. The number of nitrogens with one attached hydrogen (secondary N) is 1. The molecule has 1 aliphatic heterocycles. The third-order valence-corrected chi connectivity index (χ3v) is 4.43. The van der Waals surface area contributed by atoms with Crippen molar-refractivity contribution >= 4 is 0 Å². The highest BCUT2D eigenvalue weighted by atomic mass is 14.9. The summed E-state index contributed by atoms with van der Waals surface area (Å²) in [6, 6.07) is 2.21. The molecule has 1 fully saturated rings. The molecule has 80 valence electrons. The average Bonchev–Trinajstić information content (AvgIpc) is 2.75. The van der Waals surface area contributed by atoms with E-state index < -0.39 is 0 Å². The highest BCUT2D eigenvalue weighted by Gasteiger charge is 2.43. The molecule has 1 aromatic heterocycles. The molecule has 2 nitrogen and oxygen atoms in total. The third kappa shape index (κ3) is 1.24. The van der Waals surface area contributed by atoms with Crippen LogP contribution >= 0.6 is 0 Å². The Hall–Kier alpha value is -0.890. The molecule has 0 amide bonds. The molecule has 2 heterocycles. The van der Waals surface area contributed by atoms with Crippen LogP contribution in [0.2, 0.25) is 0 Å². The van der Waals surface area contributed by atoms with Crippen LogP contribution in [-0.4, -0.2) is 18.1 Å². The Morgan fingerprint density at radius 3 is 3.27 bits per heavy atom. The van der Waals surface area contributed by atoms with Gasteiger partial charge in [0, 0.05) is 24.4 Å². The fourth-order valence-corrected chi connectivity index (χ4v) is 3.37. The van der Waals surface area contributed by atoms with Crippen molar-refractivity contribution in [3.8, 4) is 0 Å². The Labute approximate surface area is 91.1 Å². The minimum Gasteiger partial charge on any atom is -0.316 e. The predicted molar refractivity (Wildman–Crippen MR) is 60.9 cm³/mol. The molecule has 2 unspecified atom stereocenters. The number of nitrogens with zero attached hydrogens (tertiary/aromatic N) is 1. The lowest BCUT2D eigenvalue weighted by atomic mass is 9.64. The monoisotopic (exact) mass is 202 g/mol. The number of rotatable bonds is 0. The van der Waals surface area contributed by atoms with E-state index in [0.29, 0.717) is 5.41 Å². The molecule has 0 radical (unpaired) electrons. The number of hydrogen-bond donors (Lipinski definition) is 1. The van der Waals surface area contributed by atoms with Crippen LogP contribution in [0.4, 0.5) is 0 Å². The smallest absolute Gasteiger partial charge is 0.0308 e. The summed E-state index contributed by atoms with van der Waals surface area (Å²) in [7, 11) is 0. The van der Waals surface area contributed by atoms with Gasteiger partial charge in [0.1, 0.15) is 0 Å². The number of pyridine rings is 1. The zero-order valence-corrected chi connectivity index (χ0v) is 9.29. The molecule has 0 saturated carbocycles. The molecule has 0 aromatic carbocycles. The molecule has 2 atom stereocenters. The Balaban J connectivity index is 2.13. The van der Waals surface area contributed by atoms with Crippen molar-refractivity contribution in [1.82, 2.24) is 10.3 Å². The van der Waals surface area contributed by atoms with Gasteiger partial charge in [-0.15, -0.1) is 0 Å². The fraction of sp³-hybridized carbons (Fsp3) is 0.615.